The molecule has 18 heavy (non-hydrogen) atoms. The molecule has 0 saturated heterocycles. The van der Waals surface area contributed by atoms with Crippen LogP contribution in [-0.4, -0.2) is 33.0 Å². The van der Waals surface area contributed by atoms with Crippen molar-refractivity contribution in [2.45, 2.75) is 51.1 Å². The van der Waals surface area contributed by atoms with E-state index in [0.29, 0.717) is 5.16 Å². The molecule has 4 nitrogen and oxygen atoms in total. The minimum Gasteiger partial charge on any atom is -0.395 e. The first-order valence-electron chi connectivity index (χ1n) is 6.09. The van der Waals surface area contributed by atoms with Crippen LogP contribution in [-0.2, 0) is 0 Å². The lowest BCUT2D eigenvalue weighted by Gasteiger charge is -2.32. The number of thioether (sulfide) groups is 1. The Labute approximate surface area is 113 Å². The maximum Gasteiger partial charge on any atom is 0.188 e. The third kappa shape index (κ3) is 4.23. The second-order valence-corrected chi connectivity index (χ2v) is 6.87. The lowest BCUT2D eigenvalue weighted by molar-refractivity contribution is 0.233. The molecule has 0 radical (unpaired) electrons. The Kier molecular flexibility index (Phi) is 5.13. The summed E-state index contributed by atoms with van der Waals surface area (Å²) in [6, 6.07) is 1.82. The summed E-state index contributed by atoms with van der Waals surface area (Å²) in [5.41, 5.74) is 8.01. The normalized spacial score (nSPS) is 15.5. The molecule has 0 aliphatic heterocycles. The molecule has 0 aliphatic rings. The van der Waals surface area contributed by atoms with E-state index in [2.05, 4.69) is 30.7 Å². The standard InChI is InChI=1S/C13H23N3OS/c1-8-6-9(2)16-12(15-8)18-10(7-17)11(14)13(3,4)5/h6,10-11,17H,7,14H2,1-5H3. The highest BCUT2D eigenvalue weighted by Crippen LogP contribution is 2.29. The van der Waals surface area contributed by atoms with Crippen molar-refractivity contribution in [1.29, 1.82) is 0 Å². The fraction of sp³-hybridized carbons (Fsp3) is 0.692. The van der Waals surface area contributed by atoms with Crippen LogP contribution in [0.15, 0.2) is 11.2 Å². The molecule has 2 unspecified atom stereocenters. The second-order valence-electron chi connectivity index (χ2n) is 5.66. The largest absolute Gasteiger partial charge is 0.395 e. The molecular weight excluding hydrogens is 246 g/mol. The van der Waals surface area contributed by atoms with Gasteiger partial charge >= 0.3 is 0 Å². The number of nitrogens with zero attached hydrogens (tertiary/aromatic N) is 2. The molecule has 0 amide bonds. The van der Waals surface area contributed by atoms with Gasteiger partial charge in [0.25, 0.3) is 0 Å². The number of hydrogen-bond donors (Lipinski definition) is 2. The molecule has 0 aliphatic carbocycles. The van der Waals surface area contributed by atoms with Crippen molar-refractivity contribution in [2.24, 2.45) is 11.1 Å². The summed E-state index contributed by atoms with van der Waals surface area (Å²) in [6.45, 7) is 10.1. The first kappa shape index (κ1) is 15.4. The summed E-state index contributed by atoms with van der Waals surface area (Å²) in [6.07, 6.45) is 0. The van der Waals surface area contributed by atoms with Crippen LogP contribution in [0.4, 0.5) is 0 Å². The number of rotatable bonds is 4. The Hall–Kier alpha value is -0.650. The molecule has 0 saturated carbocycles. The molecule has 0 spiro atoms. The van der Waals surface area contributed by atoms with Crippen LogP contribution in [0.25, 0.3) is 0 Å². The summed E-state index contributed by atoms with van der Waals surface area (Å²) in [7, 11) is 0. The van der Waals surface area contributed by atoms with Gasteiger partial charge < -0.3 is 10.8 Å². The quantitative estimate of drug-likeness (QED) is 0.645. The lowest BCUT2D eigenvalue weighted by atomic mass is 9.85. The summed E-state index contributed by atoms with van der Waals surface area (Å²) in [5, 5.41) is 10.1. The molecule has 1 rings (SSSR count). The number of aliphatic hydroxyl groups excluding tert-OH is 1. The number of aromatic nitrogens is 2. The van der Waals surface area contributed by atoms with Crippen LogP contribution in [0.3, 0.4) is 0 Å². The fourth-order valence-corrected chi connectivity index (χ4v) is 2.96. The van der Waals surface area contributed by atoms with Crippen molar-refractivity contribution >= 4 is 11.8 Å². The predicted octanol–water partition coefficient (Wildman–Crippen LogP) is 1.92. The molecule has 2 atom stereocenters. The Bertz CT molecular complexity index is 383. The topological polar surface area (TPSA) is 72.0 Å². The third-order valence-electron chi connectivity index (χ3n) is 2.80. The molecule has 1 heterocycles. The lowest BCUT2D eigenvalue weighted by Crippen LogP contribution is -2.45. The Balaban J connectivity index is 2.86. The Morgan fingerprint density at radius 2 is 1.78 bits per heavy atom. The van der Waals surface area contributed by atoms with Crippen molar-refractivity contribution in [3.05, 3.63) is 17.5 Å². The van der Waals surface area contributed by atoms with Crippen molar-refractivity contribution in [2.75, 3.05) is 6.61 Å². The number of nitrogens with two attached hydrogens (primary N) is 1. The Morgan fingerprint density at radius 3 is 2.17 bits per heavy atom. The van der Waals surface area contributed by atoms with Crippen LogP contribution < -0.4 is 5.73 Å². The summed E-state index contributed by atoms with van der Waals surface area (Å²) in [4.78, 5) is 8.74. The minimum absolute atomic E-state index is 0.0272. The van der Waals surface area contributed by atoms with Gasteiger partial charge in [-0.25, -0.2) is 9.97 Å². The zero-order valence-electron chi connectivity index (χ0n) is 11.8. The van der Waals surface area contributed by atoms with Crippen LogP contribution in [0.2, 0.25) is 0 Å². The van der Waals surface area contributed by atoms with E-state index in [9.17, 15) is 5.11 Å². The number of aliphatic hydroxyl groups is 1. The van der Waals surface area contributed by atoms with Crippen LogP contribution in [0.5, 0.6) is 0 Å². The molecule has 0 aromatic carbocycles. The highest BCUT2D eigenvalue weighted by atomic mass is 32.2. The molecular formula is C13H23N3OS. The van der Waals surface area contributed by atoms with E-state index in [4.69, 9.17) is 5.73 Å². The Morgan fingerprint density at radius 1 is 1.28 bits per heavy atom. The van der Waals surface area contributed by atoms with Crippen LogP contribution in [0, 0.1) is 19.3 Å². The van der Waals surface area contributed by atoms with E-state index < -0.39 is 0 Å². The van der Waals surface area contributed by atoms with Gasteiger partial charge in [-0.15, -0.1) is 0 Å². The van der Waals surface area contributed by atoms with Gasteiger partial charge in [0.05, 0.1) is 11.9 Å². The van der Waals surface area contributed by atoms with E-state index in [0.717, 1.165) is 11.4 Å². The SMILES string of the molecule is Cc1cc(C)nc(SC(CO)C(N)C(C)(C)C)n1. The first-order valence-corrected chi connectivity index (χ1v) is 6.97. The number of aryl methyl sites for hydroxylation is 2. The zero-order valence-corrected chi connectivity index (χ0v) is 12.6. The minimum atomic E-state index is -0.114. The smallest absolute Gasteiger partial charge is 0.188 e. The van der Waals surface area contributed by atoms with E-state index in [1.54, 1.807) is 0 Å². The maximum atomic E-state index is 9.50. The van der Waals surface area contributed by atoms with E-state index in [1.807, 2.05) is 19.9 Å². The fourth-order valence-electron chi connectivity index (χ4n) is 1.66. The molecule has 102 valence electrons. The molecule has 5 heteroatoms. The monoisotopic (exact) mass is 269 g/mol. The van der Waals surface area contributed by atoms with Gasteiger partial charge in [-0.05, 0) is 25.3 Å². The van der Waals surface area contributed by atoms with Crippen LogP contribution in [0.1, 0.15) is 32.2 Å². The van der Waals surface area contributed by atoms with Crippen molar-refractivity contribution in [3.63, 3.8) is 0 Å². The average Bonchev–Trinajstić information content (AvgIpc) is 2.22. The van der Waals surface area contributed by atoms with Gasteiger partial charge in [0.2, 0.25) is 0 Å². The predicted molar refractivity (Wildman–Crippen MR) is 75.7 cm³/mol. The van der Waals surface area contributed by atoms with Crippen molar-refractivity contribution in [1.82, 2.24) is 9.97 Å². The van der Waals surface area contributed by atoms with E-state index in [1.165, 1.54) is 11.8 Å². The molecule has 1 aromatic rings. The van der Waals surface area contributed by atoms with E-state index >= 15 is 0 Å². The zero-order chi connectivity index (χ0) is 13.9. The van der Waals surface area contributed by atoms with Gasteiger partial charge in [0.1, 0.15) is 0 Å². The first-order chi connectivity index (χ1) is 8.24. The molecule has 3 N–H and O–H groups in total. The van der Waals surface area contributed by atoms with Gasteiger partial charge in [-0.2, -0.15) is 0 Å². The summed E-state index contributed by atoms with van der Waals surface area (Å²) in [5.74, 6) is 0. The van der Waals surface area contributed by atoms with Gasteiger partial charge in [-0.1, -0.05) is 32.5 Å². The summed E-state index contributed by atoms with van der Waals surface area (Å²) >= 11 is 1.45. The second kappa shape index (κ2) is 5.99. The average molecular weight is 269 g/mol. The van der Waals surface area contributed by atoms with E-state index in [-0.39, 0.29) is 23.3 Å². The molecule has 1 aromatic heterocycles. The molecule has 0 fully saturated rings. The van der Waals surface area contributed by atoms with Crippen LogP contribution >= 0.6 is 11.8 Å². The third-order valence-corrected chi connectivity index (χ3v) is 3.94. The highest BCUT2D eigenvalue weighted by molar-refractivity contribution is 7.99. The van der Waals surface area contributed by atoms with Gasteiger partial charge in [0.15, 0.2) is 5.16 Å². The highest BCUT2D eigenvalue weighted by Gasteiger charge is 2.30. The van der Waals surface area contributed by atoms with Crippen molar-refractivity contribution < 1.29 is 5.11 Å². The van der Waals surface area contributed by atoms with Crippen molar-refractivity contribution in [3.8, 4) is 0 Å². The number of hydrogen-bond acceptors (Lipinski definition) is 5. The van der Waals surface area contributed by atoms with Gasteiger partial charge in [-0.3, -0.25) is 0 Å². The summed E-state index contributed by atoms with van der Waals surface area (Å²) < 4.78 is 0. The van der Waals surface area contributed by atoms with Gasteiger partial charge in [0, 0.05) is 17.4 Å². The molecule has 0 bridgehead atoms. The maximum absolute atomic E-state index is 9.50.